The van der Waals surface area contributed by atoms with Crippen molar-refractivity contribution in [3.05, 3.63) is 48.4 Å². The molecule has 1 N–H and O–H groups in total. The van der Waals surface area contributed by atoms with Gasteiger partial charge in [0, 0.05) is 18.5 Å². The van der Waals surface area contributed by atoms with Crippen molar-refractivity contribution in [3.63, 3.8) is 0 Å². The molecule has 0 spiro atoms. The summed E-state index contributed by atoms with van der Waals surface area (Å²) in [5, 5.41) is 11.8. The fourth-order valence-corrected chi connectivity index (χ4v) is 3.66. The number of aromatic nitrogens is 2. The molecule has 1 saturated carbocycles. The van der Waals surface area contributed by atoms with Crippen LogP contribution >= 0.6 is 0 Å². The first-order chi connectivity index (χ1) is 10.9. The Kier molecular flexibility index (Phi) is 3.77. The summed E-state index contributed by atoms with van der Waals surface area (Å²) in [4.78, 5) is 0. The molecule has 0 saturated heterocycles. The quantitative estimate of drug-likeness (QED) is 0.657. The van der Waals surface area contributed by atoms with Gasteiger partial charge in [0.2, 0.25) is 11.8 Å². The topological polar surface area (TPSA) is 51.0 Å². The number of nitrogens with one attached hydrogen (secondary N) is 1. The minimum absolute atomic E-state index is 0.605. The fourth-order valence-electron chi connectivity index (χ4n) is 3.66. The Hall–Kier alpha value is -1.94. The Labute approximate surface area is 130 Å². The highest BCUT2D eigenvalue weighted by atomic mass is 16.4. The molecule has 1 aromatic carbocycles. The predicted molar refractivity (Wildman–Crippen MR) is 85.2 cm³/mol. The molecule has 4 nitrogen and oxygen atoms in total. The lowest BCUT2D eigenvalue weighted by Crippen LogP contribution is -2.27. The van der Waals surface area contributed by atoms with Gasteiger partial charge < -0.3 is 9.73 Å². The molecule has 1 aromatic heterocycles. The standard InChI is InChI=1S/C18H21N3O/c1-2-4-14(5-3-1)18-21-20-17(22-18)8-9-19-12-16-11-13-6-7-15(16)10-13/h1-7,13,15-16,19H,8-12H2. The van der Waals surface area contributed by atoms with Crippen molar-refractivity contribution in [3.8, 4) is 11.5 Å². The monoisotopic (exact) mass is 295 g/mol. The van der Waals surface area contributed by atoms with E-state index in [1.165, 1.54) is 12.8 Å². The normalized spacial score (nSPS) is 25.9. The average molecular weight is 295 g/mol. The number of fused-ring (bicyclic) bond motifs is 2. The van der Waals surface area contributed by atoms with Gasteiger partial charge in [-0.3, -0.25) is 0 Å². The van der Waals surface area contributed by atoms with Crippen molar-refractivity contribution in [2.24, 2.45) is 17.8 Å². The molecule has 3 atom stereocenters. The lowest BCUT2D eigenvalue weighted by Gasteiger charge is -2.18. The molecule has 0 amide bonds. The minimum atomic E-state index is 0.605. The first kappa shape index (κ1) is 13.7. The summed E-state index contributed by atoms with van der Waals surface area (Å²) in [5.74, 6) is 3.79. The first-order valence-electron chi connectivity index (χ1n) is 8.15. The zero-order chi connectivity index (χ0) is 14.8. The van der Waals surface area contributed by atoms with Crippen LogP contribution in [0.15, 0.2) is 46.9 Å². The summed E-state index contributed by atoms with van der Waals surface area (Å²) in [7, 11) is 0. The van der Waals surface area contributed by atoms with Crippen LogP contribution in [0.3, 0.4) is 0 Å². The molecule has 2 aliphatic rings. The summed E-state index contributed by atoms with van der Waals surface area (Å²) < 4.78 is 5.72. The van der Waals surface area contributed by atoms with Crippen LogP contribution < -0.4 is 5.32 Å². The van der Waals surface area contributed by atoms with Gasteiger partial charge in [0.25, 0.3) is 0 Å². The van der Waals surface area contributed by atoms with E-state index in [-0.39, 0.29) is 0 Å². The summed E-state index contributed by atoms with van der Waals surface area (Å²) in [5.41, 5.74) is 0.975. The molecule has 3 unspecified atom stereocenters. The van der Waals surface area contributed by atoms with Gasteiger partial charge in [-0.25, -0.2) is 0 Å². The van der Waals surface area contributed by atoms with E-state index in [9.17, 15) is 0 Å². The van der Waals surface area contributed by atoms with E-state index in [2.05, 4.69) is 27.7 Å². The van der Waals surface area contributed by atoms with E-state index in [0.29, 0.717) is 11.8 Å². The third-order valence-electron chi connectivity index (χ3n) is 4.83. The highest BCUT2D eigenvalue weighted by molar-refractivity contribution is 5.51. The Morgan fingerprint density at radius 1 is 1.09 bits per heavy atom. The van der Waals surface area contributed by atoms with Gasteiger partial charge in [-0.1, -0.05) is 30.4 Å². The van der Waals surface area contributed by atoms with Crippen LogP contribution in [-0.4, -0.2) is 23.3 Å². The van der Waals surface area contributed by atoms with Crippen LogP contribution in [0.4, 0.5) is 0 Å². The molecule has 0 radical (unpaired) electrons. The largest absolute Gasteiger partial charge is 0.421 e. The first-order valence-corrected chi connectivity index (χ1v) is 8.15. The van der Waals surface area contributed by atoms with E-state index in [1.54, 1.807) is 0 Å². The molecular formula is C18H21N3O. The van der Waals surface area contributed by atoms with Crippen LogP contribution in [-0.2, 0) is 6.42 Å². The van der Waals surface area contributed by atoms with Crippen LogP contribution in [0.2, 0.25) is 0 Å². The van der Waals surface area contributed by atoms with Gasteiger partial charge in [-0.05, 0) is 49.3 Å². The molecule has 1 fully saturated rings. The molecule has 4 rings (SSSR count). The van der Waals surface area contributed by atoms with Gasteiger partial charge in [0.05, 0.1) is 0 Å². The van der Waals surface area contributed by atoms with Crippen LogP contribution in [0.5, 0.6) is 0 Å². The molecule has 114 valence electrons. The van der Waals surface area contributed by atoms with E-state index < -0.39 is 0 Å². The smallest absolute Gasteiger partial charge is 0.247 e. The zero-order valence-electron chi connectivity index (χ0n) is 12.6. The summed E-state index contributed by atoms with van der Waals surface area (Å²) >= 11 is 0. The fraction of sp³-hybridized carbons (Fsp3) is 0.444. The second kappa shape index (κ2) is 6.05. The maximum absolute atomic E-state index is 5.72. The number of nitrogens with zero attached hydrogens (tertiary/aromatic N) is 2. The molecule has 1 heterocycles. The van der Waals surface area contributed by atoms with E-state index in [0.717, 1.165) is 42.8 Å². The van der Waals surface area contributed by atoms with Gasteiger partial charge in [-0.15, -0.1) is 10.2 Å². The SMILES string of the molecule is C1=CC2CC1CC2CNCCc1nnc(-c2ccccc2)o1. The lowest BCUT2D eigenvalue weighted by molar-refractivity contribution is 0.409. The molecule has 2 aliphatic carbocycles. The third kappa shape index (κ3) is 2.83. The highest BCUT2D eigenvalue weighted by Gasteiger charge is 2.34. The molecule has 22 heavy (non-hydrogen) atoms. The maximum Gasteiger partial charge on any atom is 0.247 e. The highest BCUT2D eigenvalue weighted by Crippen LogP contribution is 2.42. The van der Waals surface area contributed by atoms with Crippen molar-refractivity contribution in [2.75, 3.05) is 13.1 Å². The summed E-state index contributed by atoms with van der Waals surface area (Å²) in [6.07, 6.45) is 8.31. The number of hydrogen-bond acceptors (Lipinski definition) is 4. The molecule has 0 aliphatic heterocycles. The predicted octanol–water partition coefficient (Wildman–Crippen LogP) is 3.08. The minimum Gasteiger partial charge on any atom is -0.421 e. The summed E-state index contributed by atoms with van der Waals surface area (Å²) in [6.45, 7) is 2.00. The van der Waals surface area contributed by atoms with Crippen molar-refractivity contribution in [2.45, 2.75) is 19.3 Å². The van der Waals surface area contributed by atoms with Gasteiger partial charge in [0.15, 0.2) is 0 Å². The van der Waals surface area contributed by atoms with Crippen molar-refractivity contribution in [1.29, 1.82) is 0 Å². The number of rotatable bonds is 6. The third-order valence-corrected chi connectivity index (χ3v) is 4.83. The Balaban J connectivity index is 1.25. The Morgan fingerprint density at radius 3 is 2.77 bits per heavy atom. The van der Waals surface area contributed by atoms with Crippen LogP contribution in [0.25, 0.3) is 11.5 Å². The maximum atomic E-state index is 5.72. The number of hydrogen-bond donors (Lipinski definition) is 1. The van der Waals surface area contributed by atoms with E-state index in [4.69, 9.17) is 4.42 Å². The molecular weight excluding hydrogens is 274 g/mol. The van der Waals surface area contributed by atoms with Gasteiger partial charge in [0.1, 0.15) is 0 Å². The van der Waals surface area contributed by atoms with Gasteiger partial charge in [-0.2, -0.15) is 0 Å². The van der Waals surface area contributed by atoms with Crippen molar-refractivity contribution < 1.29 is 4.42 Å². The lowest BCUT2D eigenvalue weighted by atomic mass is 9.94. The Morgan fingerprint density at radius 2 is 2.00 bits per heavy atom. The average Bonchev–Trinajstić information content (AvgIpc) is 3.29. The summed E-state index contributed by atoms with van der Waals surface area (Å²) in [6, 6.07) is 9.90. The second-order valence-electron chi connectivity index (χ2n) is 6.36. The molecule has 4 heteroatoms. The van der Waals surface area contributed by atoms with Gasteiger partial charge >= 0.3 is 0 Å². The number of allylic oxidation sites excluding steroid dienone is 2. The number of benzene rings is 1. The van der Waals surface area contributed by atoms with Crippen molar-refractivity contribution in [1.82, 2.24) is 15.5 Å². The van der Waals surface area contributed by atoms with E-state index >= 15 is 0 Å². The Bertz CT molecular complexity index is 649. The van der Waals surface area contributed by atoms with E-state index in [1.807, 2.05) is 30.3 Å². The van der Waals surface area contributed by atoms with Crippen LogP contribution in [0, 0.1) is 17.8 Å². The second-order valence-corrected chi connectivity index (χ2v) is 6.36. The van der Waals surface area contributed by atoms with Crippen molar-refractivity contribution >= 4 is 0 Å². The molecule has 2 bridgehead atoms. The van der Waals surface area contributed by atoms with Crippen LogP contribution in [0.1, 0.15) is 18.7 Å². The molecule has 2 aromatic rings. The zero-order valence-corrected chi connectivity index (χ0v) is 12.6.